The van der Waals surface area contributed by atoms with Crippen LogP contribution < -0.4 is 5.32 Å². The first-order valence-electron chi connectivity index (χ1n) is 4.84. The fourth-order valence-corrected chi connectivity index (χ4v) is 1.61. The molecule has 0 spiro atoms. The summed E-state index contributed by atoms with van der Waals surface area (Å²) in [4.78, 5) is 13.8. The fraction of sp³-hybridized carbons (Fsp3) is 0.444. The second-order valence-electron chi connectivity index (χ2n) is 3.47. The molecule has 1 rings (SSSR count). The Kier molecular flexibility index (Phi) is 4.91. The van der Waals surface area contributed by atoms with Gasteiger partial charge in [-0.05, 0) is 22.9 Å². The van der Waals surface area contributed by atoms with Gasteiger partial charge in [-0.15, -0.1) is 0 Å². The number of anilines is 1. The van der Waals surface area contributed by atoms with Crippen LogP contribution in [0.2, 0.25) is 0 Å². The first kappa shape index (κ1) is 14.7. The predicted octanol–water partition coefficient (Wildman–Crippen LogP) is 2.10. The van der Waals surface area contributed by atoms with Gasteiger partial charge in [-0.1, -0.05) is 0 Å². The lowest BCUT2D eigenvalue weighted by atomic mass is 10.2. The van der Waals surface area contributed by atoms with Crippen LogP contribution in [0.3, 0.4) is 0 Å². The molecule has 0 aliphatic rings. The molecular formula is C9H10BrF2N3O3. The topological polar surface area (TPSA) is 88.3 Å². The van der Waals surface area contributed by atoms with Gasteiger partial charge in [0.1, 0.15) is 18.1 Å². The molecule has 0 radical (unpaired) electrons. The minimum atomic E-state index is -2.87. The Morgan fingerprint density at radius 3 is 2.78 bits per heavy atom. The number of aliphatic hydroxyl groups excluding tert-OH is 1. The van der Waals surface area contributed by atoms with E-state index in [0.717, 1.165) is 6.20 Å². The summed E-state index contributed by atoms with van der Waals surface area (Å²) < 4.78 is 24.4. The predicted molar refractivity (Wildman–Crippen MR) is 63.8 cm³/mol. The van der Waals surface area contributed by atoms with Crippen LogP contribution in [0.15, 0.2) is 10.7 Å². The van der Waals surface area contributed by atoms with E-state index in [0.29, 0.717) is 10.0 Å². The third-order valence-corrected chi connectivity index (χ3v) is 3.17. The van der Waals surface area contributed by atoms with Crippen molar-refractivity contribution in [3.63, 3.8) is 0 Å². The van der Waals surface area contributed by atoms with Crippen LogP contribution in [-0.4, -0.2) is 34.1 Å². The summed E-state index contributed by atoms with van der Waals surface area (Å²) >= 11 is 3.09. The SMILES string of the molecule is Cc1c([N+](=O)[O-])cnc(NCC(O)C(F)F)c1Br. The second kappa shape index (κ2) is 6.01. The van der Waals surface area contributed by atoms with Gasteiger partial charge in [-0.2, -0.15) is 0 Å². The zero-order chi connectivity index (χ0) is 13.9. The molecule has 0 bridgehead atoms. The number of hydrogen-bond donors (Lipinski definition) is 2. The van der Waals surface area contributed by atoms with Crippen molar-refractivity contribution in [2.45, 2.75) is 19.5 Å². The van der Waals surface area contributed by atoms with E-state index in [9.17, 15) is 18.9 Å². The molecule has 6 nitrogen and oxygen atoms in total. The number of aromatic nitrogens is 1. The number of nitro groups is 1. The Bertz CT molecular complexity index is 459. The molecule has 1 aromatic rings. The van der Waals surface area contributed by atoms with E-state index in [1.165, 1.54) is 6.92 Å². The Morgan fingerprint density at radius 1 is 1.67 bits per heavy atom. The highest BCUT2D eigenvalue weighted by atomic mass is 79.9. The molecular weight excluding hydrogens is 316 g/mol. The number of nitrogens with one attached hydrogen (secondary N) is 1. The summed E-state index contributed by atoms with van der Waals surface area (Å²) in [5.41, 5.74) is 0.144. The first-order chi connectivity index (χ1) is 8.34. The van der Waals surface area contributed by atoms with Crippen LogP contribution in [-0.2, 0) is 0 Å². The average Bonchev–Trinajstić information content (AvgIpc) is 2.30. The molecule has 9 heteroatoms. The molecule has 1 unspecified atom stereocenters. The van der Waals surface area contributed by atoms with E-state index in [2.05, 4.69) is 26.2 Å². The summed E-state index contributed by atoms with van der Waals surface area (Å²) in [5.74, 6) is 0.165. The summed E-state index contributed by atoms with van der Waals surface area (Å²) in [6.07, 6.45) is -3.67. The summed E-state index contributed by atoms with van der Waals surface area (Å²) in [6.45, 7) is 1.10. The van der Waals surface area contributed by atoms with Crippen LogP contribution >= 0.6 is 15.9 Å². The molecule has 1 aromatic heterocycles. The average molecular weight is 326 g/mol. The van der Waals surface area contributed by atoms with Crippen molar-refractivity contribution in [1.29, 1.82) is 0 Å². The van der Waals surface area contributed by atoms with Crippen molar-refractivity contribution in [2.24, 2.45) is 0 Å². The molecule has 1 heterocycles. The third-order valence-electron chi connectivity index (χ3n) is 2.20. The lowest BCUT2D eigenvalue weighted by Crippen LogP contribution is -2.27. The number of nitrogens with zero attached hydrogens (tertiary/aromatic N) is 2. The van der Waals surface area contributed by atoms with Crippen molar-refractivity contribution in [2.75, 3.05) is 11.9 Å². The standard InChI is InChI=1S/C9H10BrF2N3O3/c1-4-5(15(17)18)2-13-9(7(4)10)14-3-6(16)8(11)12/h2,6,8,16H,3H2,1H3,(H,13,14). The summed E-state index contributed by atoms with van der Waals surface area (Å²) in [5, 5.41) is 22.0. The number of halogens is 3. The molecule has 0 fully saturated rings. The van der Waals surface area contributed by atoms with E-state index < -0.39 is 24.0 Å². The molecule has 0 aliphatic carbocycles. The van der Waals surface area contributed by atoms with Crippen molar-refractivity contribution in [3.8, 4) is 0 Å². The van der Waals surface area contributed by atoms with E-state index in [1.54, 1.807) is 0 Å². The molecule has 0 saturated carbocycles. The second-order valence-corrected chi connectivity index (χ2v) is 4.26. The van der Waals surface area contributed by atoms with Crippen molar-refractivity contribution < 1.29 is 18.8 Å². The number of rotatable bonds is 5. The lowest BCUT2D eigenvalue weighted by Gasteiger charge is -2.13. The van der Waals surface area contributed by atoms with Gasteiger partial charge < -0.3 is 10.4 Å². The minimum absolute atomic E-state index is 0.165. The Hall–Kier alpha value is -1.35. The first-order valence-corrected chi connectivity index (χ1v) is 5.63. The normalized spacial score (nSPS) is 12.6. The zero-order valence-corrected chi connectivity index (χ0v) is 10.8. The lowest BCUT2D eigenvalue weighted by molar-refractivity contribution is -0.385. The summed E-state index contributed by atoms with van der Waals surface area (Å²) in [7, 11) is 0. The zero-order valence-electron chi connectivity index (χ0n) is 9.23. The molecule has 0 amide bonds. The largest absolute Gasteiger partial charge is 0.385 e. The number of pyridine rings is 1. The van der Waals surface area contributed by atoms with Gasteiger partial charge in [-0.3, -0.25) is 10.1 Å². The van der Waals surface area contributed by atoms with Gasteiger partial charge in [0, 0.05) is 12.1 Å². The molecule has 2 N–H and O–H groups in total. The highest BCUT2D eigenvalue weighted by molar-refractivity contribution is 9.10. The summed E-state index contributed by atoms with van der Waals surface area (Å²) in [6, 6.07) is 0. The molecule has 0 aromatic carbocycles. The molecule has 18 heavy (non-hydrogen) atoms. The van der Waals surface area contributed by atoms with Crippen LogP contribution in [0.5, 0.6) is 0 Å². The maximum atomic E-state index is 12.1. The quantitative estimate of drug-likeness (QED) is 0.639. The van der Waals surface area contributed by atoms with Crippen LogP contribution in [0, 0.1) is 17.0 Å². The van der Waals surface area contributed by atoms with Crippen LogP contribution in [0.25, 0.3) is 0 Å². The Morgan fingerprint density at radius 2 is 2.28 bits per heavy atom. The van der Waals surface area contributed by atoms with E-state index in [1.807, 2.05) is 0 Å². The van der Waals surface area contributed by atoms with Gasteiger partial charge in [0.15, 0.2) is 0 Å². The number of aliphatic hydroxyl groups is 1. The van der Waals surface area contributed by atoms with Crippen LogP contribution in [0.1, 0.15) is 5.56 Å². The number of hydrogen-bond acceptors (Lipinski definition) is 5. The molecule has 1 atom stereocenters. The number of alkyl halides is 2. The highest BCUT2D eigenvalue weighted by Gasteiger charge is 2.20. The van der Waals surface area contributed by atoms with Gasteiger partial charge in [0.2, 0.25) is 0 Å². The van der Waals surface area contributed by atoms with E-state index in [-0.39, 0.29) is 11.5 Å². The van der Waals surface area contributed by atoms with Gasteiger partial charge in [0.25, 0.3) is 12.1 Å². The minimum Gasteiger partial charge on any atom is -0.385 e. The maximum Gasteiger partial charge on any atom is 0.291 e. The Labute approximate surface area is 109 Å². The molecule has 0 saturated heterocycles. The third kappa shape index (κ3) is 3.33. The van der Waals surface area contributed by atoms with E-state index in [4.69, 9.17) is 5.11 Å². The highest BCUT2D eigenvalue weighted by Crippen LogP contribution is 2.30. The Balaban J connectivity index is 2.86. The van der Waals surface area contributed by atoms with E-state index >= 15 is 0 Å². The van der Waals surface area contributed by atoms with Crippen molar-refractivity contribution in [1.82, 2.24) is 4.98 Å². The van der Waals surface area contributed by atoms with Crippen molar-refractivity contribution in [3.05, 3.63) is 26.3 Å². The van der Waals surface area contributed by atoms with Crippen molar-refractivity contribution >= 4 is 27.4 Å². The molecule has 100 valence electrons. The van der Waals surface area contributed by atoms with Gasteiger partial charge >= 0.3 is 0 Å². The fourth-order valence-electron chi connectivity index (χ4n) is 1.17. The van der Waals surface area contributed by atoms with Crippen LogP contribution in [0.4, 0.5) is 20.3 Å². The maximum absolute atomic E-state index is 12.1. The van der Waals surface area contributed by atoms with Gasteiger partial charge in [-0.25, -0.2) is 13.8 Å². The van der Waals surface area contributed by atoms with Gasteiger partial charge in [0.05, 0.1) is 9.40 Å². The molecule has 0 aliphatic heterocycles. The monoisotopic (exact) mass is 325 g/mol. The smallest absolute Gasteiger partial charge is 0.291 e.